The van der Waals surface area contributed by atoms with E-state index in [1.54, 1.807) is 0 Å². The van der Waals surface area contributed by atoms with Crippen LogP contribution in [0.1, 0.15) is 80.1 Å². The molecule has 2 N–H and O–H groups in total. The number of hydrogen-bond acceptors (Lipinski definition) is 2. The van der Waals surface area contributed by atoms with Crippen LogP contribution >= 0.6 is 0 Å². The summed E-state index contributed by atoms with van der Waals surface area (Å²) < 4.78 is 0. The number of carboxylic acids is 2. The number of carboxylic acid groups (broad SMARTS) is 2. The van der Waals surface area contributed by atoms with Gasteiger partial charge in [0.15, 0.2) is 0 Å². The molecule has 0 bridgehead atoms. The molecule has 174 valence electrons. The highest BCUT2D eigenvalue weighted by atomic mass is 16.4. The molecule has 3 aliphatic carbocycles. The first-order valence-corrected chi connectivity index (χ1v) is 12.2. The van der Waals surface area contributed by atoms with Gasteiger partial charge in [0.1, 0.15) is 0 Å². The molecule has 4 heteroatoms. The molecule has 3 aliphatic rings. The molecule has 0 spiro atoms. The van der Waals surface area contributed by atoms with Crippen LogP contribution in [0, 0.1) is 52.3 Å². The number of aliphatic carboxylic acids is 2. The molecule has 0 heterocycles. The van der Waals surface area contributed by atoms with Crippen molar-refractivity contribution in [2.75, 3.05) is 0 Å². The van der Waals surface area contributed by atoms with Crippen LogP contribution in [0.5, 0.6) is 0 Å². The minimum Gasteiger partial charge on any atom is -0.481 e. The first-order chi connectivity index (χ1) is 14.4. The van der Waals surface area contributed by atoms with Crippen molar-refractivity contribution in [3.8, 4) is 0 Å². The van der Waals surface area contributed by atoms with Crippen LogP contribution in [0.3, 0.4) is 0 Å². The Kier molecular flexibility index (Phi) is 6.79. The number of rotatable bonds is 7. The molecule has 2 saturated carbocycles. The van der Waals surface area contributed by atoms with Gasteiger partial charge in [-0.15, -0.1) is 0 Å². The number of fused-ring (bicyclic) bond motifs is 3. The van der Waals surface area contributed by atoms with Crippen LogP contribution in [0.2, 0.25) is 0 Å². The Labute approximate surface area is 188 Å². The zero-order valence-corrected chi connectivity index (χ0v) is 20.2. The van der Waals surface area contributed by atoms with E-state index in [-0.39, 0.29) is 17.8 Å². The van der Waals surface area contributed by atoms with Crippen molar-refractivity contribution in [2.45, 2.75) is 80.1 Å². The van der Waals surface area contributed by atoms with Gasteiger partial charge in [-0.2, -0.15) is 0 Å². The predicted molar refractivity (Wildman–Crippen MR) is 124 cm³/mol. The maximum Gasteiger partial charge on any atom is 0.307 e. The van der Waals surface area contributed by atoms with Crippen molar-refractivity contribution in [3.05, 3.63) is 23.8 Å². The highest BCUT2D eigenvalue weighted by Crippen LogP contribution is 2.65. The van der Waals surface area contributed by atoms with Crippen molar-refractivity contribution in [1.29, 1.82) is 0 Å². The Morgan fingerprint density at radius 2 is 1.74 bits per heavy atom. The Morgan fingerprint density at radius 3 is 2.32 bits per heavy atom. The average Bonchev–Trinajstić information content (AvgIpc) is 3.02. The molecule has 8 atom stereocenters. The van der Waals surface area contributed by atoms with Gasteiger partial charge in [0.2, 0.25) is 0 Å². The molecule has 0 amide bonds. The Balaban J connectivity index is 1.87. The van der Waals surface area contributed by atoms with Crippen LogP contribution in [-0.4, -0.2) is 22.2 Å². The molecule has 2 fully saturated rings. The fourth-order valence-electron chi connectivity index (χ4n) is 7.32. The van der Waals surface area contributed by atoms with Crippen LogP contribution in [0.25, 0.3) is 0 Å². The summed E-state index contributed by atoms with van der Waals surface area (Å²) in [5.41, 5.74) is 0.886. The molecule has 0 radical (unpaired) electrons. The lowest BCUT2D eigenvalue weighted by Crippen LogP contribution is -2.50. The smallest absolute Gasteiger partial charge is 0.307 e. The lowest BCUT2D eigenvalue weighted by Gasteiger charge is -2.54. The summed E-state index contributed by atoms with van der Waals surface area (Å²) in [4.78, 5) is 23.7. The van der Waals surface area contributed by atoms with E-state index in [0.717, 1.165) is 19.3 Å². The van der Waals surface area contributed by atoms with Crippen LogP contribution < -0.4 is 0 Å². The Bertz CT molecular complexity index is 765. The lowest BCUT2D eigenvalue weighted by atomic mass is 9.49. The van der Waals surface area contributed by atoms with E-state index in [9.17, 15) is 19.8 Å². The molecule has 0 saturated heterocycles. The van der Waals surface area contributed by atoms with Crippen LogP contribution in [0.4, 0.5) is 0 Å². The summed E-state index contributed by atoms with van der Waals surface area (Å²) in [5.74, 6) is 0.548. The van der Waals surface area contributed by atoms with Crippen molar-refractivity contribution in [2.24, 2.45) is 52.3 Å². The first kappa shape index (κ1) is 24.1. The Morgan fingerprint density at radius 1 is 1.06 bits per heavy atom. The van der Waals surface area contributed by atoms with Gasteiger partial charge in [-0.05, 0) is 78.4 Å². The second-order valence-corrected chi connectivity index (χ2v) is 11.6. The maximum absolute atomic E-state index is 12.0. The van der Waals surface area contributed by atoms with Gasteiger partial charge in [0.25, 0.3) is 0 Å². The third kappa shape index (κ3) is 4.24. The quantitative estimate of drug-likeness (QED) is 0.457. The number of hydrogen-bond donors (Lipinski definition) is 2. The van der Waals surface area contributed by atoms with Crippen molar-refractivity contribution in [3.63, 3.8) is 0 Å². The third-order valence-corrected chi connectivity index (χ3v) is 9.60. The predicted octanol–water partition coefficient (Wildman–Crippen LogP) is 6.43. The molecular weight excluding hydrogens is 388 g/mol. The zero-order chi connectivity index (χ0) is 23.1. The minimum absolute atomic E-state index is 0.0644. The highest BCUT2D eigenvalue weighted by molar-refractivity contribution is 5.75. The molecule has 0 aromatic heterocycles. The SMILES string of the molecule is CC(C)[C@@H](C)/C=C/[C@@H](C)[C@H]1CC[C@@H]2C3=CC[C@H](C(=O)O)[C@@](C)(CC(=O)O)[C@@H]3CC[C@@]21C. The van der Waals surface area contributed by atoms with E-state index in [2.05, 4.69) is 52.8 Å². The summed E-state index contributed by atoms with van der Waals surface area (Å²) in [6, 6.07) is 0. The number of allylic oxidation sites excluding steroid dienone is 4. The summed E-state index contributed by atoms with van der Waals surface area (Å²) in [7, 11) is 0. The monoisotopic (exact) mass is 430 g/mol. The summed E-state index contributed by atoms with van der Waals surface area (Å²) in [5, 5.41) is 19.4. The number of carbonyl (C=O) groups is 2. The van der Waals surface area contributed by atoms with Crippen molar-refractivity contribution in [1.82, 2.24) is 0 Å². The molecule has 0 unspecified atom stereocenters. The van der Waals surface area contributed by atoms with Crippen molar-refractivity contribution >= 4 is 11.9 Å². The molecule has 31 heavy (non-hydrogen) atoms. The van der Waals surface area contributed by atoms with Gasteiger partial charge in [-0.3, -0.25) is 9.59 Å². The maximum atomic E-state index is 12.0. The van der Waals surface area contributed by atoms with Gasteiger partial charge in [0.05, 0.1) is 12.3 Å². The van der Waals surface area contributed by atoms with E-state index in [1.165, 1.54) is 12.0 Å². The van der Waals surface area contributed by atoms with Gasteiger partial charge in [0, 0.05) is 0 Å². The second kappa shape index (κ2) is 8.75. The minimum atomic E-state index is -0.884. The molecule has 4 nitrogen and oxygen atoms in total. The summed E-state index contributed by atoms with van der Waals surface area (Å²) in [6.45, 7) is 13.5. The van der Waals surface area contributed by atoms with E-state index >= 15 is 0 Å². The van der Waals surface area contributed by atoms with Gasteiger partial charge < -0.3 is 10.2 Å². The zero-order valence-electron chi connectivity index (χ0n) is 20.2. The molecule has 3 rings (SSSR count). The Hall–Kier alpha value is -1.58. The average molecular weight is 431 g/mol. The van der Waals surface area contributed by atoms with E-state index in [1.807, 2.05) is 6.92 Å². The summed E-state index contributed by atoms with van der Waals surface area (Å²) in [6.07, 6.45) is 11.7. The van der Waals surface area contributed by atoms with Gasteiger partial charge in [-0.1, -0.05) is 65.3 Å². The first-order valence-electron chi connectivity index (χ1n) is 12.2. The van der Waals surface area contributed by atoms with Gasteiger partial charge in [-0.25, -0.2) is 0 Å². The summed E-state index contributed by atoms with van der Waals surface area (Å²) >= 11 is 0. The van der Waals surface area contributed by atoms with E-state index in [4.69, 9.17) is 0 Å². The molecular formula is C27H42O4. The lowest BCUT2D eigenvalue weighted by molar-refractivity contribution is -0.153. The van der Waals surface area contributed by atoms with Gasteiger partial charge >= 0.3 is 11.9 Å². The molecule has 0 aliphatic heterocycles. The van der Waals surface area contributed by atoms with Crippen molar-refractivity contribution < 1.29 is 19.8 Å². The third-order valence-electron chi connectivity index (χ3n) is 9.60. The standard InChI is InChI=1S/C27H42O4/c1-16(2)17(3)7-8-18(4)20-11-12-21-19-9-10-23(25(30)31)27(6,15-24(28)29)22(19)13-14-26(20,21)5/h7-9,16-18,20-23H,10-15H2,1-6H3,(H,28,29)(H,30,31)/b8-7+/t17-,18+,20+,21+,22+,23+,26+,27-/m0/s1. The molecule has 0 aromatic carbocycles. The second-order valence-electron chi connectivity index (χ2n) is 11.6. The fourth-order valence-corrected chi connectivity index (χ4v) is 7.32. The highest BCUT2D eigenvalue weighted by Gasteiger charge is 2.58. The van der Waals surface area contributed by atoms with E-state index in [0.29, 0.717) is 36.0 Å². The largest absolute Gasteiger partial charge is 0.481 e. The van der Waals surface area contributed by atoms with Crippen LogP contribution in [-0.2, 0) is 9.59 Å². The molecule has 0 aromatic rings. The van der Waals surface area contributed by atoms with Crippen LogP contribution in [0.15, 0.2) is 23.8 Å². The fraction of sp³-hybridized carbons (Fsp3) is 0.778. The topological polar surface area (TPSA) is 74.6 Å². The normalized spacial score (nSPS) is 39.6. The van der Waals surface area contributed by atoms with E-state index < -0.39 is 23.3 Å².